The van der Waals surface area contributed by atoms with Crippen molar-refractivity contribution in [3.05, 3.63) is 82.3 Å². The van der Waals surface area contributed by atoms with Crippen molar-refractivity contribution >= 4 is 28.9 Å². The second-order valence-electron chi connectivity index (χ2n) is 6.99. The maximum absolute atomic E-state index is 10.8. The molecule has 2 aromatic heterocycles. The molecule has 0 aliphatic carbocycles. The Labute approximate surface area is 173 Å². The van der Waals surface area contributed by atoms with Crippen molar-refractivity contribution in [3.63, 3.8) is 0 Å². The highest BCUT2D eigenvalue weighted by Gasteiger charge is 2.16. The van der Waals surface area contributed by atoms with Gasteiger partial charge in [0.25, 0.3) is 0 Å². The number of benzene rings is 2. The summed E-state index contributed by atoms with van der Waals surface area (Å²) in [5.74, 6) is 1.12. The minimum atomic E-state index is 0.137. The van der Waals surface area contributed by atoms with Crippen LogP contribution in [-0.4, -0.2) is 20.8 Å². The first-order chi connectivity index (χ1) is 14.0. The molecule has 5 nitrogen and oxygen atoms in total. The maximum atomic E-state index is 10.8. The lowest BCUT2D eigenvalue weighted by Crippen LogP contribution is -2.02. The molecule has 0 aliphatic rings. The Morgan fingerprint density at radius 3 is 2.45 bits per heavy atom. The molecule has 0 amide bonds. The zero-order chi connectivity index (χ0) is 20.4. The summed E-state index contributed by atoms with van der Waals surface area (Å²) in [6, 6.07) is 16.0. The fourth-order valence-corrected chi connectivity index (χ4v) is 3.71. The number of hydrogen-bond acceptors (Lipinski definition) is 4. The summed E-state index contributed by atoms with van der Waals surface area (Å²) < 4.78 is 8.32. The Balaban J connectivity index is 1.78. The van der Waals surface area contributed by atoms with Gasteiger partial charge in [0.2, 0.25) is 11.2 Å². The largest absolute Gasteiger partial charge is 0.436 e. The molecule has 0 atom stereocenters. The molecule has 2 heterocycles. The van der Waals surface area contributed by atoms with E-state index in [0.717, 1.165) is 39.6 Å². The lowest BCUT2D eigenvalue weighted by molar-refractivity contribution is -0.107. The fourth-order valence-electron chi connectivity index (χ4n) is 3.54. The summed E-state index contributed by atoms with van der Waals surface area (Å²) in [4.78, 5) is 19.6. The Hall–Kier alpha value is -3.18. The van der Waals surface area contributed by atoms with E-state index in [9.17, 15) is 4.79 Å². The Kier molecular flexibility index (Phi) is 5.32. The van der Waals surface area contributed by atoms with E-state index < -0.39 is 0 Å². The molecule has 29 heavy (non-hydrogen) atoms. The van der Waals surface area contributed by atoms with Crippen LogP contribution in [0.1, 0.15) is 22.3 Å². The average Bonchev–Trinajstić information content (AvgIpc) is 3.08. The van der Waals surface area contributed by atoms with Crippen LogP contribution in [0.5, 0.6) is 11.6 Å². The van der Waals surface area contributed by atoms with Crippen LogP contribution >= 0.6 is 11.6 Å². The quantitative estimate of drug-likeness (QED) is 0.323. The van der Waals surface area contributed by atoms with E-state index in [1.54, 1.807) is 0 Å². The fraction of sp³-hybridized carbons (Fsp3) is 0.174. The predicted octanol–water partition coefficient (Wildman–Crippen LogP) is 5.28. The van der Waals surface area contributed by atoms with Crippen LogP contribution in [-0.2, 0) is 17.8 Å². The third-order valence-electron chi connectivity index (χ3n) is 4.78. The van der Waals surface area contributed by atoms with Crippen molar-refractivity contribution in [1.82, 2.24) is 14.5 Å². The maximum Gasteiger partial charge on any atom is 0.248 e. The standard InChI is InChI=1S/C23H20ClN3O2/c1-15-12-18(9-11-28)13-16(2)21(15)29-22-20-19(25-23(24)26-22)8-10-27(20)14-17-6-4-3-5-7-17/h3-8,10-13H,9,14H2,1-2H3. The van der Waals surface area contributed by atoms with Gasteiger partial charge in [0, 0.05) is 19.2 Å². The molecular formula is C23H20ClN3O2. The highest BCUT2D eigenvalue weighted by molar-refractivity contribution is 6.28. The number of nitrogens with zero attached hydrogens (tertiary/aromatic N) is 3. The average molecular weight is 406 g/mol. The van der Waals surface area contributed by atoms with Gasteiger partial charge in [0.1, 0.15) is 17.6 Å². The number of ether oxygens (including phenoxy) is 1. The summed E-state index contributed by atoms with van der Waals surface area (Å²) in [7, 11) is 0. The number of rotatable bonds is 6. The smallest absolute Gasteiger partial charge is 0.248 e. The minimum Gasteiger partial charge on any atom is -0.436 e. The van der Waals surface area contributed by atoms with E-state index in [1.807, 2.05) is 56.4 Å². The lowest BCUT2D eigenvalue weighted by atomic mass is 10.0. The number of hydrogen-bond donors (Lipinski definition) is 0. The highest BCUT2D eigenvalue weighted by atomic mass is 35.5. The van der Waals surface area contributed by atoms with Gasteiger partial charge < -0.3 is 14.1 Å². The van der Waals surface area contributed by atoms with Crippen LogP contribution in [0.2, 0.25) is 5.28 Å². The monoisotopic (exact) mass is 405 g/mol. The number of aromatic nitrogens is 3. The van der Waals surface area contributed by atoms with E-state index in [4.69, 9.17) is 16.3 Å². The van der Waals surface area contributed by atoms with Crippen molar-refractivity contribution in [2.24, 2.45) is 0 Å². The number of carbonyl (C=O) groups is 1. The number of carbonyl (C=O) groups excluding carboxylic acids is 1. The number of aldehydes is 1. The van der Waals surface area contributed by atoms with Crippen LogP contribution in [0.15, 0.2) is 54.7 Å². The van der Waals surface area contributed by atoms with Crippen LogP contribution in [0.4, 0.5) is 0 Å². The first-order valence-electron chi connectivity index (χ1n) is 9.33. The second-order valence-corrected chi connectivity index (χ2v) is 7.33. The van der Waals surface area contributed by atoms with Crippen molar-refractivity contribution < 1.29 is 9.53 Å². The first-order valence-corrected chi connectivity index (χ1v) is 9.71. The first kappa shape index (κ1) is 19.2. The number of fused-ring (bicyclic) bond motifs is 1. The third kappa shape index (κ3) is 4.00. The summed E-state index contributed by atoms with van der Waals surface area (Å²) >= 11 is 6.16. The Morgan fingerprint density at radius 1 is 1.03 bits per heavy atom. The molecule has 4 aromatic rings. The highest BCUT2D eigenvalue weighted by Crippen LogP contribution is 2.34. The van der Waals surface area contributed by atoms with Crippen molar-refractivity contribution in [1.29, 1.82) is 0 Å². The summed E-state index contributed by atoms with van der Waals surface area (Å²) in [6.45, 7) is 4.58. The molecule has 146 valence electrons. The Bertz CT molecular complexity index is 1160. The molecule has 6 heteroatoms. The van der Waals surface area contributed by atoms with Gasteiger partial charge in [-0.1, -0.05) is 42.5 Å². The molecule has 0 bridgehead atoms. The van der Waals surface area contributed by atoms with Gasteiger partial charge in [-0.2, -0.15) is 4.98 Å². The van der Waals surface area contributed by atoms with Crippen LogP contribution in [0, 0.1) is 13.8 Å². The summed E-state index contributed by atoms with van der Waals surface area (Å²) in [5.41, 5.74) is 5.51. The van der Waals surface area contributed by atoms with Gasteiger partial charge in [-0.15, -0.1) is 0 Å². The summed E-state index contributed by atoms with van der Waals surface area (Å²) in [6.07, 6.45) is 3.24. The molecule has 0 N–H and O–H groups in total. The van der Waals surface area contributed by atoms with E-state index in [1.165, 1.54) is 0 Å². The molecular weight excluding hydrogens is 386 g/mol. The van der Waals surface area contributed by atoms with Crippen LogP contribution in [0.3, 0.4) is 0 Å². The van der Waals surface area contributed by atoms with Gasteiger partial charge in [-0.05, 0) is 53.8 Å². The molecule has 0 aliphatic heterocycles. The van der Waals surface area contributed by atoms with E-state index >= 15 is 0 Å². The molecule has 0 saturated heterocycles. The number of halogens is 1. The zero-order valence-electron chi connectivity index (χ0n) is 16.2. The SMILES string of the molecule is Cc1cc(CC=O)cc(C)c1Oc1nc(Cl)nc2ccn(Cc3ccccc3)c12. The van der Waals surface area contributed by atoms with Crippen LogP contribution < -0.4 is 4.74 Å². The van der Waals surface area contributed by atoms with Gasteiger partial charge in [-0.3, -0.25) is 0 Å². The lowest BCUT2D eigenvalue weighted by Gasteiger charge is -2.15. The van der Waals surface area contributed by atoms with Gasteiger partial charge in [0.05, 0.1) is 5.52 Å². The molecule has 0 unspecified atom stereocenters. The summed E-state index contributed by atoms with van der Waals surface area (Å²) in [5, 5.41) is 0.137. The molecule has 0 fully saturated rings. The van der Waals surface area contributed by atoms with Crippen LogP contribution in [0.25, 0.3) is 11.0 Å². The van der Waals surface area contributed by atoms with Gasteiger partial charge >= 0.3 is 0 Å². The molecule has 2 aromatic carbocycles. The van der Waals surface area contributed by atoms with Crippen molar-refractivity contribution in [2.45, 2.75) is 26.8 Å². The molecule has 0 radical (unpaired) electrons. The number of aryl methyl sites for hydroxylation is 2. The third-order valence-corrected chi connectivity index (χ3v) is 4.95. The van der Waals surface area contributed by atoms with Crippen molar-refractivity contribution in [2.75, 3.05) is 0 Å². The van der Waals surface area contributed by atoms with Crippen molar-refractivity contribution in [3.8, 4) is 11.6 Å². The minimum absolute atomic E-state index is 0.137. The zero-order valence-corrected chi connectivity index (χ0v) is 17.0. The van der Waals surface area contributed by atoms with Gasteiger partial charge in [-0.25, -0.2) is 4.98 Å². The normalized spacial score (nSPS) is 11.0. The predicted molar refractivity (Wildman–Crippen MR) is 114 cm³/mol. The molecule has 0 saturated carbocycles. The van der Waals surface area contributed by atoms with E-state index in [0.29, 0.717) is 24.6 Å². The Morgan fingerprint density at radius 2 is 1.76 bits per heavy atom. The van der Waals surface area contributed by atoms with E-state index in [2.05, 4.69) is 26.7 Å². The molecule has 4 rings (SSSR count). The topological polar surface area (TPSA) is 57.0 Å². The van der Waals surface area contributed by atoms with E-state index in [-0.39, 0.29) is 5.28 Å². The second kappa shape index (κ2) is 8.05. The van der Waals surface area contributed by atoms with Gasteiger partial charge in [0.15, 0.2) is 0 Å². The molecule has 0 spiro atoms.